The third-order valence-corrected chi connectivity index (χ3v) is 5.69. The molecule has 0 bridgehead atoms. The molecule has 146 valence electrons. The molecule has 1 amide bonds. The zero-order valence-electron chi connectivity index (χ0n) is 15.7. The SMILES string of the molecule is O=C(NC1CCC(c2n[nH]c(=O)c3ccccc23)CC1)c1nnc2ccccn12. The minimum Gasteiger partial charge on any atom is -0.347 e. The van der Waals surface area contributed by atoms with Gasteiger partial charge in [0.15, 0.2) is 5.65 Å². The molecule has 1 aromatic carbocycles. The van der Waals surface area contributed by atoms with E-state index in [2.05, 4.69) is 25.7 Å². The van der Waals surface area contributed by atoms with Crippen LogP contribution in [0.3, 0.4) is 0 Å². The average Bonchev–Trinajstić information content (AvgIpc) is 3.19. The van der Waals surface area contributed by atoms with Crippen molar-refractivity contribution in [3.8, 4) is 0 Å². The first-order chi connectivity index (χ1) is 14.2. The van der Waals surface area contributed by atoms with Gasteiger partial charge in [-0.25, -0.2) is 5.10 Å². The van der Waals surface area contributed by atoms with E-state index in [0.717, 1.165) is 36.8 Å². The molecule has 4 aromatic rings. The van der Waals surface area contributed by atoms with Crippen molar-refractivity contribution in [1.82, 2.24) is 30.1 Å². The highest BCUT2D eigenvalue weighted by Crippen LogP contribution is 2.34. The van der Waals surface area contributed by atoms with Gasteiger partial charge in [0.05, 0.1) is 11.1 Å². The Balaban J connectivity index is 1.29. The van der Waals surface area contributed by atoms with Gasteiger partial charge < -0.3 is 5.32 Å². The molecule has 0 aliphatic heterocycles. The number of aromatic nitrogens is 5. The largest absolute Gasteiger partial charge is 0.347 e. The van der Waals surface area contributed by atoms with E-state index >= 15 is 0 Å². The molecular formula is C21H20N6O2. The van der Waals surface area contributed by atoms with Crippen LogP contribution < -0.4 is 10.9 Å². The van der Waals surface area contributed by atoms with Crippen LogP contribution in [0.15, 0.2) is 53.5 Å². The fourth-order valence-corrected chi connectivity index (χ4v) is 4.20. The van der Waals surface area contributed by atoms with Crippen LogP contribution in [-0.2, 0) is 0 Å². The molecule has 0 spiro atoms. The molecule has 3 heterocycles. The molecule has 5 rings (SSSR count). The van der Waals surface area contributed by atoms with Gasteiger partial charge in [-0.15, -0.1) is 10.2 Å². The predicted molar refractivity (Wildman–Crippen MR) is 108 cm³/mol. The number of fused-ring (bicyclic) bond motifs is 2. The molecule has 1 fully saturated rings. The van der Waals surface area contributed by atoms with Gasteiger partial charge in [-0.05, 0) is 43.9 Å². The maximum atomic E-state index is 12.7. The Hall–Kier alpha value is -3.55. The van der Waals surface area contributed by atoms with E-state index in [0.29, 0.717) is 16.9 Å². The van der Waals surface area contributed by atoms with Gasteiger partial charge in [-0.3, -0.25) is 14.0 Å². The first kappa shape index (κ1) is 17.5. The molecule has 0 saturated heterocycles. The van der Waals surface area contributed by atoms with Gasteiger partial charge in [-0.2, -0.15) is 5.10 Å². The highest BCUT2D eigenvalue weighted by Gasteiger charge is 2.27. The van der Waals surface area contributed by atoms with Crippen LogP contribution in [0.5, 0.6) is 0 Å². The monoisotopic (exact) mass is 388 g/mol. The average molecular weight is 388 g/mol. The summed E-state index contributed by atoms with van der Waals surface area (Å²) in [6.07, 6.45) is 5.28. The number of pyridine rings is 1. The molecule has 2 N–H and O–H groups in total. The zero-order valence-corrected chi connectivity index (χ0v) is 15.7. The Morgan fingerprint density at radius 2 is 1.76 bits per heavy atom. The van der Waals surface area contributed by atoms with Crippen LogP contribution in [-0.4, -0.2) is 36.7 Å². The summed E-state index contributed by atoms with van der Waals surface area (Å²) < 4.78 is 1.69. The van der Waals surface area contributed by atoms with E-state index in [9.17, 15) is 9.59 Å². The van der Waals surface area contributed by atoms with E-state index in [-0.39, 0.29) is 23.4 Å². The molecule has 29 heavy (non-hydrogen) atoms. The number of aromatic amines is 1. The van der Waals surface area contributed by atoms with Crippen molar-refractivity contribution in [3.05, 3.63) is 70.5 Å². The minimum atomic E-state index is -0.209. The Kier molecular flexibility index (Phi) is 4.31. The Morgan fingerprint density at radius 3 is 2.59 bits per heavy atom. The number of benzene rings is 1. The summed E-state index contributed by atoms with van der Waals surface area (Å²) >= 11 is 0. The number of hydrogen-bond acceptors (Lipinski definition) is 5. The molecular weight excluding hydrogens is 368 g/mol. The summed E-state index contributed by atoms with van der Waals surface area (Å²) in [6, 6.07) is 13.2. The number of nitrogens with zero attached hydrogens (tertiary/aromatic N) is 4. The van der Waals surface area contributed by atoms with Crippen molar-refractivity contribution in [1.29, 1.82) is 0 Å². The molecule has 1 saturated carbocycles. The second-order valence-corrected chi connectivity index (χ2v) is 7.46. The second-order valence-electron chi connectivity index (χ2n) is 7.46. The topological polar surface area (TPSA) is 105 Å². The van der Waals surface area contributed by atoms with E-state index in [1.807, 2.05) is 42.5 Å². The maximum absolute atomic E-state index is 12.7. The van der Waals surface area contributed by atoms with E-state index in [4.69, 9.17) is 0 Å². The van der Waals surface area contributed by atoms with Crippen molar-refractivity contribution in [2.45, 2.75) is 37.6 Å². The normalized spacial score (nSPS) is 19.4. The lowest BCUT2D eigenvalue weighted by atomic mass is 9.82. The smallest absolute Gasteiger partial charge is 0.289 e. The highest BCUT2D eigenvalue weighted by atomic mass is 16.2. The maximum Gasteiger partial charge on any atom is 0.289 e. The van der Waals surface area contributed by atoms with Crippen molar-refractivity contribution in [3.63, 3.8) is 0 Å². The van der Waals surface area contributed by atoms with E-state index in [1.165, 1.54) is 0 Å². The number of hydrogen-bond donors (Lipinski definition) is 2. The number of rotatable bonds is 3. The molecule has 3 aromatic heterocycles. The lowest BCUT2D eigenvalue weighted by molar-refractivity contribution is 0.0914. The summed E-state index contributed by atoms with van der Waals surface area (Å²) in [5.74, 6) is 0.356. The van der Waals surface area contributed by atoms with Crippen LogP contribution in [0, 0.1) is 0 Å². The second kappa shape index (κ2) is 7.12. The molecule has 1 aliphatic rings. The predicted octanol–water partition coefficient (Wildman–Crippen LogP) is 2.42. The Morgan fingerprint density at radius 1 is 1.00 bits per heavy atom. The number of H-pyrrole nitrogens is 1. The lowest BCUT2D eigenvalue weighted by Gasteiger charge is -2.29. The third-order valence-electron chi connectivity index (χ3n) is 5.69. The third kappa shape index (κ3) is 3.16. The van der Waals surface area contributed by atoms with Gasteiger partial charge in [0.25, 0.3) is 11.5 Å². The molecule has 8 heteroatoms. The van der Waals surface area contributed by atoms with Crippen LogP contribution >= 0.6 is 0 Å². The zero-order chi connectivity index (χ0) is 19.8. The van der Waals surface area contributed by atoms with Crippen molar-refractivity contribution >= 4 is 22.3 Å². The molecule has 8 nitrogen and oxygen atoms in total. The molecule has 1 aliphatic carbocycles. The number of nitrogens with one attached hydrogen (secondary N) is 2. The molecule has 0 atom stereocenters. The van der Waals surface area contributed by atoms with E-state index in [1.54, 1.807) is 10.6 Å². The Bertz CT molecular complexity index is 1250. The molecule has 0 radical (unpaired) electrons. The van der Waals surface area contributed by atoms with Gasteiger partial charge in [-0.1, -0.05) is 24.3 Å². The van der Waals surface area contributed by atoms with Gasteiger partial charge >= 0.3 is 0 Å². The quantitative estimate of drug-likeness (QED) is 0.561. The lowest BCUT2D eigenvalue weighted by Crippen LogP contribution is -2.38. The standard InChI is InChI=1S/C21H20N6O2/c28-20-16-6-2-1-5-15(16)18(24-26-20)13-8-10-14(11-9-13)22-21(29)19-25-23-17-7-3-4-12-27(17)19/h1-7,12-14H,8-11H2,(H,22,29)(H,26,28). The van der Waals surface area contributed by atoms with Crippen LogP contribution in [0.4, 0.5) is 0 Å². The first-order valence-corrected chi connectivity index (χ1v) is 9.78. The van der Waals surface area contributed by atoms with E-state index < -0.39 is 0 Å². The van der Waals surface area contributed by atoms with Gasteiger partial charge in [0.2, 0.25) is 5.82 Å². The van der Waals surface area contributed by atoms with Crippen LogP contribution in [0.2, 0.25) is 0 Å². The number of carbonyl (C=O) groups excluding carboxylic acids is 1. The fourth-order valence-electron chi connectivity index (χ4n) is 4.20. The molecule has 0 unspecified atom stereocenters. The number of amides is 1. The summed E-state index contributed by atoms with van der Waals surface area (Å²) in [6.45, 7) is 0. The van der Waals surface area contributed by atoms with Crippen molar-refractivity contribution in [2.24, 2.45) is 0 Å². The summed E-state index contributed by atoms with van der Waals surface area (Å²) in [7, 11) is 0. The van der Waals surface area contributed by atoms with Gasteiger partial charge in [0, 0.05) is 23.5 Å². The Labute approximate surface area is 166 Å². The fraction of sp³-hybridized carbons (Fsp3) is 0.286. The first-order valence-electron chi connectivity index (χ1n) is 9.78. The van der Waals surface area contributed by atoms with Crippen LogP contribution in [0.25, 0.3) is 16.4 Å². The van der Waals surface area contributed by atoms with Crippen molar-refractivity contribution in [2.75, 3.05) is 0 Å². The minimum absolute atomic E-state index is 0.0869. The highest BCUT2D eigenvalue weighted by molar-refractivity contribution is 5.91. The number of carbonyl (C=O) groups is 1. The van der Waals surface area contributed by atoms with Gasteiger partial charge in [0.1, 0.15) is 0 Å². The summed E-state index contributed by atoms with van der Waals surface area (Å²) in [5.41, 5.74) is 1.43. The summed E-state index contributed by atoms with van der Waals surface area (Å²) in [4.78, 5) is 24.7. The summed E-state index contributed by atoms with van der Waals surface area (Å²) in [5, 5.41) is 19.7. The van der Waals surface area contributed by atoms with Crippen LogP contribution in [0.1, 0.15) is 47.9 Å². The van der Waals surface area contributed by atoms with Crippen molar-refractivity contribution < 1.29 is 4.79 Å².